The second-order valence-corrected chi connectivity index (χ2v) is 6.64. The van der Waals surface area contributed by atoms with Crippen LogP contribution >= 0.6 is 35.1 Å². The molecular formula is C16H15Cl2N5OS. The molecule has 0 bridgehead atoms. The number of nitriles is 1. The number of halogens is 2. The molecule has 0 radical (unpaired) electrons. The lowest BCUT2D eigenvalue weighted by Gasteiger charge is -2.11. The average Bonchev–Trinajstić information content (AvgIpc) is 3.25. The molecule has 2 N–H and O–H groups in total. The van der Waals surface area contributed by atoms with Crippen molar-refractivity contribution in [2.24, 2.45) is 0 Å². The third-order valence-corrected chi connectivity index (χ3v) is 4.97. The molecule has 0 saturated carbocycles. The van der Waals surface area contributed by atoms with Gasteiger partial charge in [-0.25, -0.2) is 0 Å². The van der Waals surface area contributed by atoms with Gasteiger partial charge in [-0.2, -0.15) is 10.4 Å². The smallest absolute Gasteiger partial charge is 0.174 e. The lowest BCUT2D eigenvalue weighted by atomic mass is 10.1. The van der Waals surface area contributed by atoms with Gasteiger partial charge in [-0.1, -0.05) is 35.1 Å². The first-order valence-corrected chi connectivity index (χ1v) is 9.41. The van der Waals surface area contributed by atoms with Crippen LogP contribution in [-0.2, 0) is 6.54 Å². The minimum atomic E-state index is -0.0723. The fourth-order valence-electron chi connectivity index (χ4n) is 2.69. The third kappa shape index (κ3) is 3.58. The molecule has 3 rings (SSSR count). The van der Waals surface area contributed by atoms with Gasteiger partial charge in [0.05, 0.1) is 27.1 Å². The molecule has 25 heavy (non-hydrogen) atoms. The van der Waals surface area contributed by atoms with E-state index in [0.717, 1.165) is 28.6 Å². The highest BCUT2D eigenvalue weighted by atomic mass is 35.5. The van der Waals surface area contributed by atoms with E-state index in [1.54, 1.807) is 30.4 Å². The zero-order chi connectivity index (χ0) is 17.8. The molecule has 0 fully saturated rings. The average molecular weight is 396 g/mol. The maximum Gasteiger partial charge on any atom is 0.174 e. The number of fused-ring (bicyclic) bond motifs is 1. The van der Waals surface area contributed by atoms with E-state index in [-0.39, 0.29) is 6.61 Å². The molecular weight excluding hydrogens is 381 g/mol. The Morgan fingerprint density at radius 2 is 2.32 bits per heavy atom. The van der Waals surface area contributed by atoms with E-state index in [4.69, 9.17) is 33.2 Å². The van der Waals surface area contributed by atoms with Gasteiger partial charge in [-0.3, -0.25) is 9.82 Å². The largest absolute Gasteiger partial charge is 0.478 e. The molecule has 0 spiro atoms. The molecule has 0 saturated heterocycles. The molecule has 2 aromatic heterocycles. The SMILES string of the molecule is CSNCCn1cc(-c2cn[nH]c2)c2c(OCC#N)cc(Cl)c(Cl)c21. The lowest BCUT2D eigenvalue weighted by molar-refractivity contribution is 0.372. The van der Waals surface area contributed by atoms with Crippen LogP contribution in [0.1, 0.15) is 0 Å². The molecule has 9 heteroatoms. The third-order valence-electron chi connectivity index (χ3n) is 3.70. The van der Waals surface area contributed by atoms with Gasteiger partial charge in [-0.15, -0.1) is 0 Å². The fraction of sp³-hybridized carbons (Fsp3) is 0.250. The molecule has 0 aliphatic carbocycles. The zero-order valence-electron chi connectivity index (χ0n) is 13.3. The molecule has 130 valence electrons. The van der Waals surface area contributed by atoms with E-state index in [1.165, 1.54) is 0 Å². The summed E-state index contributed by atoms with van der Waals surface area (Å²) < 4.78 is 10.9. The van der Waals surface area contributed by atoms with Crippen LogP contribution in [0.3, 0.4) is 0 Å². The number of hydrogen-bond donors (Lipinski definition) is 2. The van der Waals surface area contributed by atoms with Crippen LogP contribution in [0, 0.1) is 11.3 Å². The van der Waals surface area contributed by atoms with Crippen molar-refractivity contribution in [3.63, 3.8) is 0 Å². The number of aromatic nitrogens is 3. The Bertz CT molecular complexity index is 917. The van der Waals surface area contributed by atoms with Crippen molar-refractivity contribution >= 4 is 46.1 Å². The van der Waals surface area contributed by atoms with Crippen LogP contribution in [0.4, 0.5) is 0 Å². The Morgan fingerprint density at radius 1 is 1.48 bits per heavy atom. The maximum atomic E-state index is 8.86. The van der Waals surface area contributed by atoms with E-state index in [0.29, 0.717) is 22.3 Å². The molecule has 2 heterocycles. The molecule has 6 nitrogen and oxygen atoms in total. The second kappa shape index (κ2) is 8.02. The molecule has 1 aromatic carbocycles. The number of nitrogens with one attached hydrogen (secondary N) is 2. The molecule has 0 amide bonds. The van der Waals surface area contributed by atoms with Crippen molar-refractivity contribution in [1.82, 2.24) is 19.5 Å². The lowest BCUT2D eigenvalue weighted by Crippen LogP contribution is -2.12. The standard InChI is InChI=1S/C16H15Cl2N5OS/c1-25-22-3-4-23-9-11(10-7-20-21-8-10)14-13(24-5-2-19)6-12(17)15(18)16(14)23/h6-9,22H,3-5H2,1H3,(H,20,21). The van der Waals surface area contributed by atoms with E-state index >= 15 is 0 Å². The van der Waals surface area contributed by atoms with E-state index < -0.39 is 0 Å². The number of aromatic amines is 1. The minimum Gasteiger partial charge on any atom is -0.478 e. The first-order chi connectivity index (χ1) is 12.2. The topological polar surface area (TPSA) is 78.7 Å². The number of H-pyrrole nitrogens is 1. The van der Waals surface area contributed by atoms with Crippen LogP contribution in [-0.4, -0.2) is 34.2 Å². The van der Waals surface area contributed by atoms with Crippen LogP contribution < -0.4 is 9.46 Å². The number of rotatable bonds is 7. The molecule has 0 unspecified atom stereocenters. The van der Waals surface area contributed by atoms with E-state index in [1.807, 2.05) is 23.1 Å². The first kappa shape index (κ1) is 18.0. The van der Waals surface area contributed by atoms with Crippen LogP contribution in [0.5, 0.6) is 5.75 Å². The van der Waals surface area contributed by atoms with Crippen molar-refractivity contribution in [2.45, 2.75) is 6.54 Å². The number of benzene rings is 1. The summed E-state index contributed by atoms with van der Waals surface area (Å²) in [5.74, 6) is 0.527. The molecule has 3 aromatic rings. The molecule has 0 aliphatic heterocycles. The Morgan fingerprint density at radius 3 is 3.00 bits per heavy atom. The van der Waals surface area contributed by atoms with Gasteiger partial charge in [-0.05, 0) is 6.26 Å². The molecule has 0 atom stereocenters. The Hall–Kier alpha value is -1.85. The van der Waals surface area contributed by atoms with Gasteiger partial charge in [0.25, 0.3) is 0 Å². The summed E-state index contributed by atoms with van der Waals surface area (Å²) in [5.41, 5.74) is 2.60. The summed E-state index contributed by atoms with van der Waals surface area (Å²) in [7, 11) is 0. The summed E-state index contributed by atoms with van der Waals surface area (Å²) in [5, 5.41) is 17.4. The Kier molecular flexibility index (Phi) is 5.76. The Balaban J connectivity index is 2.23. The first-order valence-electron chi connectivity index (χ1n) is 7.43. The molecule has 0 aliphatic rings. The van der Waals surface area contributed by atoms with Crippen LogP contribution in [0.25, 0.3) is 22.0 Å². The highest BCUT2D eigenvalue weighted by Gasteiger charge is 2.20. The van der Waals surface area contributed by atoms with Gasteiger partial charge >= 0.3 is 0 Å². The van der Waals surface area contributed by atoms with Crippen molar-refractivity contribution in [3.8, 4) is 22.9 Å². The quantitative estimate of drug-likeness (QED) is 0.464. The summed E-state index contributed by atoms with van der Waals surface area (Å²) in [6.07, 6.45) is 7.51. The highest BCUT2D eigenvalue weighted by Crippen LogP contribution is 2.43. The summed E-state index contributed by atoms with van der Waals surface area (Å²) in [6, 6.07) is 3.63. The van der Waals surface area contributed by atoms with Crippen molar-refractivity contribution in [3.05, 3.63) is 34.7 Å². The van der Waals surface area contributed by atoms with Crippen LogP contribution in [0.2, 0.25) is 10.0 Å². The zero-order valence-corrected chi connectivity index (χ0v) is 15.7. The maximum absolute atomic E-state index is 8.86. The summed E-state index contributed by atoms with van der Waals surface area (Å²) in [4.78, 5) is 0. The van der Waals surface area contributed by atoms with Gasteiger partial charge in [0.2, 0.25) is 0 Å². The van der Waals surface area contributed by atoms with Gasteiger partial charge in [0.1, 0.15) is 11.8 Å². The number of nitrogens with zero attached hydrogens (tertiary/aromatic N) is 3. The predicted molar refractivity (Wildman–Crippen MR) is 102 cm³/mol. The second-order valence-electron chi connectivity index (χ2n) is 5.16. The minimum absolute atomic E-state index is 0.0723. The van der Waals surface area contributed by atoms with Crippen molar-refractivity contribution < 1.29 is 4.74 Å². The van der Waals surface area contributed by atoms with Gasteiger partial charge in [0, 0.05) is 42.7 Å². The van der Waals surface area contributed by atoms with Gasteiger partial charge < -0.3 is 9.30 Å². The van der Waals surface area contributed by atoms with E-state index in [9.17, 15) is 0 Å². The highest BCUT2D eigenvalue weighted by molar-refractivity contribution is 7.96. The predicted octanol–water partition coefficient (Wildman–Crippen LogP) is 4.11. The van der Waals surface area contributed by atoms with Crippen molar-refractivity contribution in [1.29, 1.82) is 5.26 Å². The van der Waals surface area contributed by atoms with Gasteiger partial charge in [0.15, 0.2) is 6.61 Å². The summed E-state index contributed by atoms with van der Waals surface area (Å²) in [6.45, 7) is 1.39. The van der Waals surface area contributed by atoms with Crippen LogP contribution in [0.15, 0.2) is 24.7 Å². The number of hydrogen-bond acceptors (Lipinski definition) is 5. The summed E-state index contributed by atoms with van der Waals surface area (Å²) >= 11 is 14.3. The monoisotopic (exact) mass is 395 g/mol. The van der Waals surface area contributed by atoms with Crippen molar-refractivity contribution in [2.75, 3.05) is 19.4 Å². The van der Waals surface area contributed by atoms with E-state index in [2.05, 4.69) is 14.9 Å². The normalized spacial score (nSPS) is 11.0. The fourth-order valence-corrected chi connectivity index (χ4v) is 3.43. The Labute approximate surface area is 159 Å². The number of ether oxygens (including phenoxy) is 1.